The van der Waals surface area contributed by atoms with Gasteiger partial charge in [-0.15, -0.1) is 0 Å². The Hall–Kier alpha value is -0.630. The average Bonchev–Trinajstić information content (AvgIpc) is 3.14. The first-order chi connectivity index (χ1) is 11.1. The lowest BCUT2D eigenvalue weighted by atomic mass is 9.50. The van der Waals surface area contributed by atoms with Crippen molar-refractivity contribution in [2.75, 3.05) is 6.61 Å². The van der Waals surface area contributed by atoms with Gasteiger partial charge in [-0.25, -0.2) is 0 Å². The van der Waals surface area contributed by atoms with Crippen LogP contribution in [-0.4, -0.2) is 18.0 Å². The lowest BCUT2D eigenvalue weighted by Crippen LogP contribution is -2.52. The molecule has 0 aromatic rings. The largest absolute Gasteiger partial charge is 0.374 e. The predicted octanol–water partition coefficient (Wildman–Crippen LogP) is 4.68. The Kier molecular flexibility index (Phi) is 3.15. The lowest BCUT2D eigenvalue weighted by molar-refractivity contribution is -0.128. The van der Waals surface area contributed by atoms with Gasteiger partial charge < -0.3 is 4.74 Å². The molecule has 0 aromatic carbocycles. The fourth-order valence-electron chi connectivity index (χ4n) is 7.62. The second-order valence-electron chi connectivity index (χ2n) is 9.24. The SMILES string of the molecule is C[C@]12CC[C@H]3[C@H](CCC4=CC(=O)CC[C@H]43)[C@H]1CC[C@]21CCCO1. The molecular weight excluding hydrogens is 284 g/mol. The van der Waals surface area contributed by atoms with Crippen LogP contribution in [0.4, 0.5) is 0 Å². The summed E-state index contributed by atoms with van der Waals surface area (Å²) in [7, 11) is 0. The van der Waals surface area contributed by atoms with Gasteiger partial charge >= 0.3 is 0 Å². The topological polar surface area (TPSA) is 26.3 Å². The van der Waals surface area contributed by atoms with E-state index < -0.39 is 0 Å². The minimum Gasteiger partial charge on any atom is -0.374 e. The molecule has 1 heterocycles. The van der Waals surface area contributed by atoms with Crippen LogP contribution >= 0.6 is 0 Å². The number of carbonyl (C=O) groups excluding carboxylic acids is 1. The van der Waals surface area contributed by atoms with Crippen molar-refractivity contribution in [3.63, 3.8) is 0 Å². The molecule has 0 radical (unpaired) electrons. The van der Waals surface area contributed by atoms with Crippen LogP contribution in [0.5, 0.6) is 0 Å². The molecule has 5 aliphatic rings. The van der Waals surface area contributed by atoms with Crippen molar-refractivity contribution in [2.24, 2.45) is 29.1 Å². The van der Waals surface area contributed by atoms with E-state index in [2.05, 4.69) is 6.92 Å². The molecule has 0 aromatic heterocycles. The Morgan fingerprint density at radius 1 is 1.04 bits per heavy atom. The fourth-order valence-corrected chi connectivity index (χ4v) is 7.62. The zero-order chi connectivity index (χ0) is 15.7. The van der Waals surface area contributed by atoms with Gasteiger partial charge in [-0.3, -0.25) is 4.79 Å². The maximum Gasteiger partial charge on any atom is 0.155 e. The van der Waals surface area contributed by atoms with Crippen LogP contribution in [0.1, 0.15) is 71.1 Å². The Morgan fingerprint density at radius 3 is 2.78 bits per heavy atom. The number of carbonyl (C=O) groups is 1. The van der Waals surface area contributed by atoms with Crippen LogP contribution in [0.2, 0.25) is 0 Å². The molecule has 0 unspecified atom stereocenters. The van der Waals surface area contributed by atoms with Crippen LogP contribution in [0.3, 0.4) is 0 Å². The van der Waals surface area contributed by atoms with Crippen LogP contribution in [0.25, 0.3) is 0 Å². The van der Waals surface area contributed by atoms with Gasteiger partial charge in [-0.1, -0.05) is 12.5 Å². The first kappa shape index (κ1) is 14.7. The highest BCUT2D eigenvalue weighted by Gasteiger charge is 2.63. The van der Waals surface area contributed by atoms with Crippen molar-refractivity contribution < 1.29 is 9.53 Å². The maximum absolute atomic E-state index is 11.8. The highest BCUT2D eigenvalue weighted by atomic mass is 16.5. The van der Waals surface area contributed by atoms with E-state index in [4.69, 9.17) is 4.74 Å². The quantitative estimate of drug-likeness (QED) is 0.649. The summed E-state index contributed by atoms with van der Waals surface area (Å²) < 4.78 is 6.42. The Bertz CT molecular complexity index is 556. The van der Waals surface area contributed by atoms with Gasteiger partial charge in [0.2, 0.25) is 0 Å². The fraction of sp³-hybridized carbons (Fsp3) is 0.857. The Labute approximate surface area is 140 Å². The normalized spacial score (nSPS) is 52.0. The molecular formula is C21H30O2. The van der Waals surface area contributed by atoms with E-state index in [9.17, 15) is 4.79 Å². The first-order valence-corrected chi connectivity index (χ1v) is 10.0. The molecule has 1 spiro atoms. The number of ketones is 1. The van der Waals surface area contributed by atoms with Crippen LogP contribution < -0.4 is 0 Å². The van der Waals surface area contributed by atoms with Gasteiger partial charge in [0.05, 0.1) is 5.60 Å². The number of hydrogen-bond acceptors (Lipinski definition) is 2. The number of fused-ring (bicyclic) bond motifs is 6. The van der Waals surface area contributed by atoms with E-state index in [0.29, 0.717) is 11.2 Å². The molecule has 0 N–H and O–H groups in total. The second kappa shape index (κ2) is 4.94. The van der Waals surface area contributed by atoms with Crippen molar-refractivity contribution in [1.29, 1.82) is 0 Å². The Balaban J connectivity index is 1.46. The van der Waals surface area contributed by atoms with Crippen molar-refractivity contribution in [2.45, 2.75) is 76.7 Å². The number of ether oxygens (including phenoxy) is 1. The molecule has 23 heavy (non-hydrogen) atoms. The van der Waals surface area contributed by atoms with E-state index in [0.717, 1.165) is 43.1 Å². The van der Waals surface area contributed by atoms with Gasteiger partial charge in [0.25, 0.3) is 0 Å². The van der Waals surface area contributed by atoms with Gasteiger partial charge in [0.15, 0.2) is 5.78 Å². The molecule has 2 nitrogen and oxygen atoms in total. The molecule has 1 aliphatic heterocycles. The summed E-state index contributed by atoms with van der Waals surface area (Å²) in [6.07, 6.45) is 14.5. The molecule has 3 saturated carbocycles. The third-order valence-electron chi connectivity index (χ3n) is 8.69. The van der Waals surface area contributed by atoms with Crippen LogP contribution in [0, 0.1) is 29.1 Å². The number of hydrogen-bond donors (Lipinski definition) is 0. The minimum atomic E-state index is 0.223. The van der Waals surface area contributed by atoms with E-state index in [1.165, 1.54) is 56.9 Å². The molecule has 4 fully saturated rings. The molecule has 0 bridgehead atoms. The van der Waals surface area contributed by atoms with Crippen LogP contribution in [-0.2, 0) is 9.53 Å². The molecule has 1 saturated heterocycles. The van der Waals surface area contributed by atoms with Crippen molar-refractivity contribution in [1.82, 2.24) is 0 Å². The summed E-state index contributed by atoms with van der Waals surface area (Å²) in [5.74, 6) is 3.75. The molecule has 0 amide bonds. The second-order valence-corrected chi connectivity index (χ2v) is 9.24. The van der Waals surface area contributed by atoms with Crippen molar-refractivity contribution in [3.05, 3.63) is 11.6 Å². The highest BCUT2D eigenvalue weighted by molar-refractivity contribution is 5.91. The molecule has 2 heteroatoms. The molecule has 4 aliphatic carbocycles. The summed E-state index contributed by atoms with van der Waals surface area (Å²) in [4.78, 5) is 11.8. The third kappa shape index (κ3) is 1.88. The first-order valence-electron chi connectivity index (χ1n) is 10.0. The summed E-state index contributed by atoms with van der Waals surface area (Å²) >= 11 is 0. The standard InChI is InChI=1S/C21H30O2/c1-20-10-7-17-16-6-4-15(22)13-14(16)3-5-18(17)19(20)8-11-21(20)9-2-12-23-21/h13,16-19H,2-12H2,1H3/t16-,17-,18+,19-,20+,21-/m1/s1. The van der Waals surface area contributed by atoms with Gasteiger partial charge in [0.1, 0.15) is 0 Å². The smallest absolute Gasteiger partial charge is 0.155 e. The summed E-state index contributed by atoms with van der Waals surface area (Å²) in [6, 6.07) is 0. The highest BCUT2D eigenvalue weighted by Crippen LogP contribution is 2.67. The number of allylic oxidation sites excluding steroid dienone is 1. The van der Waals surface area contributed by atoms with Crippen molar-refractivity contribution >= 4 is 5.78 Å². The lowest BCUT2D eigenvalue weighted by Gasteiger charge is -2.56. The van der Waals surface area contributed by atoms with E-state index in [-0.39, 0.29) is 5.60 Å². The molecule has 6 atom stereocenters. The zero-order valence-corrected chi connectivity index (χ0v) is 14.5. The summed E-state index contributed by atoms with van der Waals surface area (Å²) in [6.45, 7) is 3.57. The summed E-state index contributed by atoms with van der Waals surface area (Å²) in [5, 5.41) is 0. The minimum absolute atomic E-state index is 0.223. The van der Waals surface area contributed by atoms with Gasteiger partial charge in [-0.2, -0.15) is 0 Å². The number of rotatable bonds is 0. The van der Waals surface area contributed by atoms with E-state index in [1.807, 2.05) is 6.08 Å². The van der Waals surface area contributed by atoms with E-state index in [1.54, 1.807) is 0 Å². The van der Waals surface area contributed by atoms with E-state index >= 15 is 0 Å². The monoisotopic (exact) mass is 314 g/mol. The van der Waals surface area contributed by atoms with Crippen molar-refractivity contribution in [3.8, 4) is 0 Å². The van der Waals surface area contributed by atoms with Crippen LogP contribution in [0.15, 0.2) is 11.6 Å². The van der Waals surface area contributed by atoms with Gasteiger partial charge in [0, 0.05) is 13.0 Å². The average molecular weight is 314 g/mol. The maximum atomic E-state index is 11.8. The third-order valence-corrected chi connectivity index (χ3v) is 8.69. The zero-order valence-electron chi connectivity index (χ0n) is 14.5. The summed E-state index contributed by atoms with van der Waals surface area (Å²) in [5.41, 5.74) is 2.16. The predicted molar refractivity (Wildman–Crippen MR) is 90.0 cm³/mol. The molecule has 5 rings (SSSR count). The van der Waals surface area contributed by atoms with Gasteiger partial charge in [-0.05, 0) is 93.0 Å². The molecule has 126 valence electrons. The Morgan fingerprint density at radius 2 is 1.96 bits per heavy atom.